The molecule has 2 heteroatoms. The third kappa shape index (κ3) is 3.07. The number of hydrogen-bond donors (Lipinski definition) is 1. The largest absolute Gasteiger partial charge is 0.481 e. The van der Waals surface area contributed by atoms with E-state index in [1.807, 2.05) is 0 Å². The van der Waals surface area contributed by atoms with Gasteiger partial charge >= 0.3 is 0 Å². The second-order valence-electron chi connectivity index (χ2n) is 9.51. The van der Waals surface area contributed by atoms with Gasteiger partial charge in [0.15, 0.2) is 0 Å². The van der Waals surface area contributed by atoms with E-state index in [2.05, 4.69) is 13.8 Å². The van der Waals surface area contributed by atoms with Crippen LogP contribution >= 0.6 is 0 Å². The fourth-order valence-corrected chi connectivity index (χ4v) is 7.29. The van der Waals surface area contributed by atoms with E-state index in [1.54, 1.807) is 51.4 Å². The summed E-state index contributed by atoms with van der Waals surface area (Å²) in [7, 11) is 0. The molecule has 0 spiro atoms. The van der Waals surface area contributed by atoms with Gasteiger partial charge in [-0.1, -0.05) is 33.1 Å². The van der Waals surface area contributed by atoms with Gasteiger partial charge in [-0.2, -0.15) is 0 Å². The molecular weight excluding hydrogens is 284 g/mol. The lowest BCUT2D eigenvalue weighted by Crippen LogP contribution is -2.51. The first-order valence-corrected chi connectivity index (χ1v) is 10.1. The van der Waals surface area contributed by atoms with E-state index >= 15 is 0 Å². The van der Waals surface area contributed by atoms with Crippen LogP contribution in [0.4, 0.5) is 0 Å². The second kappa shape index (κ2) is 6.41. The van der Waals surface area contributed by atoms with Crippen LogP contribution < -0.4 is 0 Å². The van der Waals surface area contributed by atoms with E-state index in [4.69, 9.17) is 9.90 Å². The number of carboxylic acids is 1. The molecule has 1 N–H and O–H groups in total. The first-order valence-electron chi connectivity index (χ1n) is 10.1. The fraction of sp³-hybridized carbons (Fsp3) is 0.952. The maximum absolute atomic E-state index is 9.00. The Balaban J connectivity index is 0.000000354. The summed E-state index contributed by atoms with van der Waals surface area (Å²) < 4.78 is 0. The summed E-state index contributed by atoms with van der Waals surface area (Å²) in [5.74, 6) is 3.57. The van der Waals surface area contributed by atoms with Gasteiger partial charge in [0.1, 0.15) is 0 Å². The molecule has 0 bridgehead atoms. The molecular formula is C21H36O2. The lowest BCUT2D eigenvalue weighted by molar-refractivity contribution is -0.134. The van der Waals surface area contributed by atoms with Gasteiger partial charge in [0.05, 0.1) is 0 Å². The summed E-state index contributed by atoms with van der Waals surface area (Å²) in [5.41, 5.74) is 1.49. The van der Waals surface area contributed by atoms with Crippen molar-refractivity contribution in [1.29, 1.82) is 0 Å². The predicted octanol–water partition coefficient (Wildman–Crippen LogP) is 5.90. The highest BCUT2D eigenvalue weighted by atomic mass is 16.4. The Labute approximate surface area is 142 Å². The molecule has 0 heterocycles. The summed E-state index contributed by atoms with van der Waals surface area (Å²) in [5, 5.41) is 7.42. The lowest BCUT2D eigenvalue weighted by Gasteiger charge is -2.60. The molecule has 0 saturated heterocycles. The zero-order chi connectivity index (χ0) is 16.7. The first-order chi connectivity index (χ1) is 10.9. The van der Waals surface area contributed by atoms with Gasteiger partial charge in [0, 0.05) is 6.92 Å². The van der Waals surface area contributed by atoms with Crippen molar-refractivity contribution in [2.24, 2.45) is 34.5 Å². The van der Waals surface area contributed by atoms with E-state index in [0.29, 0.717) is 0 Å². The molecule has 4 saturated carbocycles. The van der Waals surface area contributed by atoms with Crippen molar-refractivity contribution in [3.63, 3.8) is 0 Å². The van der Waals surface area contributed by atoms with Crippen molar-refractivity contribution in [1.82, 2.24) is 0 Å². The lowest BCUT2D eigenvalue weighted by atomic mass is 9.45. The Morgan fingerprint density at radius 1 is 0.870 bits per heavy atom. The van der Waals surface area contributed by atoms with Crippen LogP contribution in [0.5, 0.6) is 0 Å². The van der Waals surface area contributed by atoms with Crippen LogP contribution in [0.15, 0.2) is 0 Å². The summed E-state index contributed by atoms with van der Waals surface area (Å²) in [6, 6.07) is 0. The van der Waals surface area contributed by atoms with Crippen LogP contribution in [0.1, 0.15) is 91.4 Å². The standard InChI is InChI=1S/C19H32.C2H4O2/c1-18-11-5-7-16(18)15-9-8-14-6-3-4-12-19(14,2)17(15)10-13-18;1-2(3)4/h14-17H,3-13H2,1-2H3;1H3,(H,3,4)/t14-,15+,16+,17+,18+,19+;/m1./s1. The van der Waals surface area contributed by atoms with E-state index in [1.165, 1.54) is 19.3 Å². The number of carbonyl (C=O) groups is 1. The Kier molecular flexibility index (Phi) is 4.82. The minimum atomic E-state index is -0.833. The van der Waals surface area contributed by atoms with Gasteiger partial charge in [-0.25, -0.2) is 0 Å². The molecule has 0 aromatic rings. The smallest absolute Gasteiger partial charge is 0.300 e. The van der Waals surface area contributed by atoms with Crippen molar-refractivity contribution >= 4 is 5.97 Å². The second-order valence-corrected chi connectivity index (χ2v) is 9.51. The first kappa shape index (κ1) is 17.3. The minimum Gasteiger partial charge on any atom is -0.481 e. The molecule has 0 aliphatic heterocycles. The van der Waals surface area contributed by atoms with E-state index in [-0.39, 0.29) is 0 Å². The fourth-order valence-electron chi connectivity index (χ4n) is 7.29. The molecule has 132 valence electrons. The highest BCUT2D eigenvalue weighted by Gasteiger charge is 2.56. The van der Waals surface area contributed by atoms with Crippen LogP contribution in [0.3, 0.4) is 0 Å². The number of rotatable bonds is 0. The quantitative estimate of drug-likeness (QED) is 0.603. The number of fused-ring (bicyclic) bond motifs is 5. The molecule has 0 aromatic carbocycles. The number of hydrogen-bond acceptors (Lipinski definition) is 1. The van der Waals surface area contributed by atoms with Crippen LogP contribution in [0.25, 0.3) is 0 Å². The molecule has 0 aromatic heterocycles. The zero-order valence-corrected chi connectivity index (χ0v) is 15.4. The maximum Gasteiger partial charge on any atom is 0.300 e. The molecule has 0 unspecified atom stereocenters. The molecule has 23 heavy (non-hydrogen) atoms. The topological polar surface area (TPSA) is 37.3 Å². The van der Waals surface area contributed by atoms with Crippen LogP contribution in [-0.4, -0.2) is 11.1 Å². The minimum absolute atomic E-state index is 0.741. The Hall–Kier alpha value is -0.530. The van der Waals surface area contributed by atoms with Crippen molar-refractivity contribution in [2.75, 3.05) is 0 Å². The monoisotopic (exact) mass is 320 g/mol. The normalized spacial score (nSPS) is 48.3. The third-order valence-electron chi connectivity index (χ3n) is 8.36. The highest BCUT2D eigenvalue weighted by molar-refractivity contribution is 5.62. The summed E-state index contributed by atoms with van der Waals surface area (Å²) in [6.45, 7) is 6.42. The molecule has 4 aliphatic rings. The van der Waals surface area contributed by atoms with Crippen LogP contribution in [0, 0.1) is 34.5 Å². The summed E-state index contributed by atoms with van der Waals surface area (Å²) >= 11 is 0. The van der Waals surface area contributed by atoms with E-state index in [0.717, 1.165) is 41.4 Å². The maximum atomic E-state index is 9.00. The van der Waals surface area contributed by atoms with Gasteiger partial charge in [-0.3, -0.25) is 4.79 Å². The van der Waals surface area contributed by atoms with E-state index < -0.39 is 5.97 Å². The third-order valence-corrected chi connectivity index (χ3v) is 8.36. The Morgan fingerprint density at radius 3 is 2.35 bits per heavy atom. The predicted molar refractivity (Wildman–Crippen MR) is 94.3 cm³/mol. The molecule has 4 rings (SSSR count). The van der Waals surface area contributed by atoms with Crippen LogP contribution in [0.2, 0.25) is 0 Å². The van der Waals surface area contributed by atoms with Gasteiger partial charge < -0.3 is 5.11 Å². The summed E-state index contributed by atoms with van der Waals surface area (Å²) in [4.78, 5) is 9.00. The highest BCUT2D eigenvalue weighted by Crippen LogP contribution is 2.66. The molecule has 0 radical (unpaired) electrons. The van der Waals surface area contributed by atoms with Crippen LogP contribution in [-0.2, 0) is 4.79 Å². The van der Waals surface area contributed by atoms with E-state index in [9.17, 15) is 0 Å². The molecule has 4 aliphatic carbocycles. The zero-order valence-electron chi connectivity index (χ0n) is 15.4. The van der Waals surface area contributed by atoms with Gasteiger partial charge in [-0.15, -0.1) is 0 Å². The molecule has 2 nitrogen and oxygen atoms in total. The average Bonchev–Trinajstić information content (AvgIpc) is 2.88. The van der Waals surface area contributed by atoms with Gasteiger partial charge in [0.2, 0.25) is 0 Å². The molecule has 0 amide bonds. The Morgan fingerprint density at radius 2 is 1.61 bits per heavy atom. The van der Waals surface area contributed by atoms with Crippen molar-refractivity contribution < 1.29 is 9.90 Å². The number of aliphatic carboxylic acids is 1. The molecule has 6 atom stereocenters. The van der Waals surface area contributed by atoms with Crippen molar-refractivity contribution in [3.8, 4) is 0 Å². The van der Waals surface area contributed by atoms with Gasteiger partial charge in [-0.05, 0) is 85.9 Å². The average molecular weight is 321 g/mol. The van der Waals surface area contributed by atoms with Crippen molar-refractivity contribution in [3.05, 3.63) is 0 Å². The Bertz CT molecular complexity index is 441. The van der Waals surface area contributed by atoms with Crippen molar-refractivity contribution in [2.45, 2.75) is 91.4 Å². The molecule has 4 fully saturated rings. The summed E-state index contributed by atoms with van der Waals surface area (Å²) in [6.07, 6.45) is 17.1. The number of carboxylic acid groups (broad SMARTS) is 1. The van der Waals surface area contributed by atoms with Gasteiger partial charge in [0.25, 0.3) is 5.97 Å². The SMILES string of the molecule is CC(=O)O.C[C@@]12CCC[C@H]1[C@@H]1CC[C@H]3CCCC[C@]3(C)[C@H]1CC2.